The number of hydrogen-bond donors (Lipinski definition) is 0. The third-order valence-corrected chi connectivity index (χ3v) is 4.52. The molecule has 28 heavy (non-hydrogen) atoms. The van der Waals surface area contributed by atoms with Crippen molar-refractivity contribution in [3.8, 4) is 17.0 Å². The Morgan fingerprint density at radius 1 is 1.11 bits per heavy atom. The predicted molar refractivity (Wildman–Crippen MR) is 102 cm³/mol. The molecule has 0 spiro atoms. The van der Waals surface area contributed by atoms with Crippen LogP contribution in [0.3, 0.4) is 0 Å². The largest absolute Gasteiger partial charge is 0.491 e. The lowest BCUT2D eigenvalue weighted by molar-refractivity contribution is 0.0437. The molecular weight excluding hydrogens is 358 g/mol. The minimum atomic E-state index is -0.427. The Morgan fingerprint density at radius 3 is 2.68 bits per heavy atom. The van der Waals surface area contributed by atoms with Gasteiger partial charge < -0.3 is 18.7 Å². The van der Waals surface area contributed by atoms with Crippen LogP contribution in [0.2, 0.25) is 0 Å². The molecule has 0 radical (unpaired) electrons. The summed E-state index contributed by atoms with van der Waals surface area (Å²) in [5.74, 6) is 0.766. The topological polar surface area (TPSA) is 70.8 Å². The molecule has 0 amide bonds. The van der Waals surface area contributed by atoms with Gasteiger partial charge in [-0.05, 0) is 37.1 Å². The molecule has 6 nitrogen and oxygen atoms in total. The SMILES string of the molecule is O=C(OCc1cc(-c2ccccc2)no1)c1ccc(OC[C@H]2CCCO2)cc1. The maximum Gasteiger partial charge on any atom is 0.338 e. The Labute approximate surface area is 163 Å². The number of hydrogen-bond acceptors (Lipinski definition) is 6. The number of aromatic nitrogens is 1. The van der Waals surface area contributed by atoms with Crippen LogP contribution in [0.25, 0.3) is 11.3 Å². The van der Waals surface area contributed by atoms with Gasteiger partial charge >= 0.3 is 5.97 Å². The van der Waals surface area contributed by atoms with Crippen molar-refractivity contribution >= 4 is 5.97 Å². The summed E-state index contributed by atoms with van der Waals surface area (Å²) in [7, 11) is 0. The van der Waals surface area contributed by atoms with Crippen molar-refractivity contribution in [3.05, 3.63) is 72.0 Å². The summed E-state index contributed by atoms with van der Waals surface area (Å²) in [6, 6.07) is 18.3. The van der Waals surface area contributed by atoms with E-state index in [2.05, 4.69) is 5.16 Å². The monoisotopic (exact) mass is 379 g/mol. The van der Waals surface area contributed by atoms with Crippen molar-refractivity contribution in [2.75, 3.05) is 13.2 Å². The first kappa shape index (κ1) is 18.3. The van der Waals surface area contributed by atoms with Crippen molar-refractivity contribution in [2.24, 2.45) is 0 Å². The van der Waals surface area contributed by atoms with Crippen molar-refractivity contribution < 1.29 is 23.5 Å². The van der Waals surface area contributed by atoms with E-state index < -0.39 is 5.97 Å². The zero-order chi connectivity index (χ0) is 19.2. The number of nitrogens with zero attached hydrogens (tertiary/aromatic N) is 1. The lowest BCUT2D eigenvalue weighted by atomic mass is 10.1. The molecule has 0 bridgehead atoms. The number of carbonyl (C=O) groups is 1. The third kappa shape index (κ3) is 4.58. The van der Waals surface area contributed by atoms with Gasteiger partial charge in [-0.15, -0.1) is 0 Å². The van der Waals surface area contributed by atoms with Gasteiger partial charge in [0, 0.05) is 18.2 Å². The normalized spacial score (nSPS) is 16.1. The zero-order valence-corrected chi connectivity index (χ0v) is 15.4. The maximum atomic E-state index is 12.2. The summed E-state index contributed by atoms with van der Waals surface area (Å²) in [5.41, 5.74) is 2.11. The smallest absolute Gasteiger partial charge is 0.338 e. The van der Waals surface area contributed by atoms with Gasteiger partial charge in [0.05, 0.1) is 11.7 Å². The average Bonchev–Trinajstić information content (AvgIpc) is 3.44. The van der Waals surface area contributed by atoms with Gasteiger partial charge in [0.2, 0.25) is 0 Å². The fourth-order valence-electron chi connectivity index (χ4n) is 3.00. The van der Waals surface area contributed by atoms with Gasteiger partial charge in [0.1, 0.15) is 18.1 Å². The summed E-state index contributed by atoms with van der Waals surface area (Å²) in [6.45, 7) is 1.35. The minimum Gasteiger partial charge on any atom is -0.491 e. The molecule has 0 unspecified atom stereocenters. The lowest BCUT2D eigenvalue weighted by Crippen LogP contribution is -2.16. The lowest BCUT2D eigenvalue weighted by Gasteiger charge is -2.11. The maximum absolute atomic E-state index is 12.2. The number of carbonyl (C=O) groups excluding carboxylic acids is 1. The number of rotatable bonds is 7. The van der Waals surface area contributed by atoms with E-state index in [4.69, 9.17) is 18.7 Å². The highest BCUT2D eigenvalue weighted by molar-refractivity contribution is 5.89. The quantitative estimate of drug-likeness (QED) is 0.572. The second kappa shape index (κ2) is 8.71. The third-order valence-electron chi connectivity index (χ3n) is 4.52. The first-order chi connectivity index (χ1) is 13.8. The molecule has 1 atom stereocenters. The van der Waals surface area contributed by atoms with Crippen molar-refractivity contribution in [1.29, 1.82) is 0 Å². The van der Waals surface area contributed by atoms with Gasteiger partial charge in [-0.25, -0.2) is 4.79 Å². The Morgan fingerprint density at radius 2 is 1.93 bits per heavy atom. The molecule has 2 heterocycles. The molecule has 0 N–H and O–H groups in total. The fourth-order valence-corrected chi connectivity index (χ4v) is 3.00. The average molecular weight is 379 g/mol. The van der Waals surface area contributed by atoms with E-state index in [0.717, 1.165) is 25.0 Å². The Kier molecular flexibility index (Phi) is 5.68. The molecule has 0 saturated carbocycles. The molecule has 3 aromatic rings. The van der Waals surface area contributed by atoms with Gasteiger partial charge in [0.15, 0.2) is 12.4 Å². The number of esters is 1. The Balaban J connectivity index is 1.28. The van der Waals surface area contributed by atoms with Gasteiger partial charge in [-0.2, -0.15) is 0 Å². The van der Waals surface area contributed by atoms with Crippen LogP contribution in [-0.4, -0.2) is 30.4 Å². The highest BCUT2D eigenvalue weighted by Crippen LogP contribution is 2.20. The zero-order valence-electron chi connectivity index (χ0n) is 15.4. The molecule has 1 aliphatic rings. The van der Waals surface area contributed by atoms with Crippen LogP contribution in [0.4, 0.5) is 0 Å². The minimum absolute atomic E-state index is 0.0237. The molecule has 6 heteroatoms. The van der Waals surface area contributed by atoms with Crippen molar-refractivity contribution in [1.82, 2.24) is 5.16 Å². The van der Waals surface area contributed by atoms with Crippen LogP contribution >= 0.6 is 0 Å². The van der Waals surface area contributed by atoms with Crippen LogP contribution in [0.5, 0.6) is 5.75 Å². The number of ether oxygens (including phenoxy) is 3. The molecule has 0 aliphatic carbocycles. The van der Waals surface area contributed by atoms with Crippen LogP contribution in [0.1, 0.15) is 29.0 Å². The molecule has 1 aromatic heterocycles. The molecule has 4 rings (SSSR count). The van der Waals surface area contributed by atoms with Gasteiger partial charge in [-0.3, -0.25) is 0 Å². The van der Waals surface area contributed by atoms with Gasteiger partial charge in [0.25, 0.3) is 0 Å². The van der Waals surface area contributed by atoms with E-state index in [0.29, 0.717) is 29.4 Å². The highest BCUT2D eigenvalue weighted by atomic mass is 16.6. The standard InChI is InChI=1S/C22H21NO5/c24-22(17-8-10-18(11-9-17)26-14-19-7-4-12-25-19)27-15-20-13-21(23-28-20)16-5-2-1-3-6-16/h1-3,5-6,8-11,13,19H,4,7,12,14-15H2/t19-/m1/s1. The van der Waals surface area contributed by atoms with Crippen LogP contribution < -0.4 is 4.74 Å². The second-order valence-electron chi connectivity index (χ2n) is 6.59. The Bertz CT molecular complexity index is 898. The van der Waals surface area contributed by atoms with E-state index in [-0.39, 0.29) is 12.7 Å². The first-order valence-electron chi connectivity index (χ1n) is 9.30. The summed E-state index contributed by atoms with van der Waals surface area (Å²) in [6.07, 6.45) is 2.27. The number of benzene rings is 2. The molecular formula is C22H21NO5. The summed E-state index contributed by atoms with van der Waals surface area (Å²) < 4.78 is 21.8. The summed E-state index contributed by atoms with van der Waals surface area (Å²) in [5, 5.41) is 4.01. The summed E-state index contributed by atoms with van der Waals surface area (Å²) in [4.78, 5) is 12.2. The fraction of sp³-hybridized carbons (Fsp3) is 0.273. The molecule has 144 valence electrons. The van der Waals surface area contributed by atoms with E-state index in [9.17, 15) is 4.79 Å². The molecule has 1 aliphatic heterocycles. The first-order valence-corrected chi connectivity index (χ1v) is 9.30. The molecule has 2 aromatic carbocycles. The summed E-state index contributed by atoms with van der Waals surface area (Å²) >= 11 is 0. The van der Waals surface area contributed by atoms with E-state index in [1.54, 1.807) is 30.3 Å². The van der Waals surface area contributed by atoms with Crippen LogP contribution in [0.15, 0.2) is 65.2 Å². The Hall–Kier alpha value is -3.12. The highest BCUT2D eigenvalue weighted by Gasteiger charge is 2.16. The van der Waals surface area contributed by atoms with Gasteiger partial charge in [-0.1, -0.05) is 35.5 Å². The predicted octanol–water partition coefficient (Wildman–Crippen LogP) is 4.26. The van der Waals surface area contributed by atoms with Crippen molar-refractivity contribution in [3.63, 3.8) is 0 Å². The van der Waals surface area contributed by atoms with Crippen LogP contribution in [0, 0.1) is 0 Å². The molecule has 1 saturated heterocycles. The molecule has 1 fully saturated rings. The van der Waals surface area contributed by atoms with Crippen LogP contribution in [-0.2, 0) is 16.1 Å². The van der Waals surface area contributed by atoms with Crippen molar-refractivity contribution in [2.45, 2.75) is 25.6 Å². The van der Waals surface area contributed by atoms with E-state index >= 15 is 0 Å². The van der Waals surface area contributed by atoms with E-state index in [1.807, 2.05) is 30.3 Å². The second-order valence-corrected chi connectivity index (χ2v) is 6.59. The van der Waals surface area contributed by atoms with E-state index in [1.165, 1.54) is 0 Å².